The molecule has 0 saturated heterocycles. The lowest BCUT2D eigenvalue weighted by Crippen LogP contribution is -3.11. The first-order chi connectivity index (χ1) is 9.34. The third-order valence-corrected chi connectivity index (χ3v) is 7.52. The first-order valence-electron chi connectivity index (χ1n) is 6.67. The monoisotopic (exact) mass is 336 g/mol. The predicted octanol–water partition coefficient (Wildman–Crippen LogP) is 1.81. The summed E-state index contributed by atoms with van der Waals surface area (Å²) in [5.74, 6) is 2.09. The second-order valence-corrected chi connectivity index (χ2v) is 9.05. The van der Waals surface area contributed by atoms with Gasteiger partial charge in [0.1, 0.15) is 0 Å². The molecule has 6 rings (SSSR count). The number of hydrogen-bond donors (Lipinski definition) is 0. The minimum absolute atomic E-state index is 0.0344. The Balaban J connectivity index is 1.30. The number of alkyl halides is 3. The first-order valence-corrected chi connectivity index (χ1v) is 7.80. The number of esters is 2. The highest BCUT2D eigenvalue weighted by Crippen LogP contribution is 3.10. The summed E-state index contributed by atoms with van der Waals surface area (Å²) < 4.78 is 8.14. The highest BCUT2D eigenvalue weighted by molar-refractivity contribution is 6.75. The summed E-state index contributed by atoms with van der Waals surface area (Å²) in [7, 11) is 1.46. The van der Waals surface area contributed by atoms with Gasteiger partial charge in [0.25, 0.3) is 3.79 Å². The van der Waals surface area contributed by atoms with Crippen LogP contribution in [0, 0.1) is 46.3 Å². The van der Waals surface area contributed by atoms with E-state index in [0.717, 1.165) is 0 Å². The molecule has 0 aromatic heterocycles. The normalized spacial score (nSPS) is 58.0. The second kappa shape index (κ2) is 2.97. The smallest absolute Gasteiger partial charge is 0.358 e. The van der Waals surface area contributed by atoms with E-state index in [4.69, 9.17) is 44.3 Å². The van der Waals surface area contributed by atoms with Crippen molar-refractivity contribution in [3.8, 4) is 0 Å². The van der Waals surface area contributed by atoms with Gasteiger partial charge in [-0.25, -0.2) is 4.79 Å². The molecule has 108 valence electrons. The van der Waals surface area contributed by atoms with E-state index in [1.807, 2.05) is 0 Å². The van der Waals surface area contributed by atoms with Gasteiger partial charge in [0.05, 0.1) is 19.1 Å². The van der Waals surface area contributed by atoms with Crippen molar-refractivity contribution in [1.29, 1.82) is 0 Å². The summed E-state index contributed by atoms with van der Waals surface area (Å²) in [5, 5.41) is 0. The Morgan fingerprint density at radius 2 is 1.55 bits per heavy atom. The molecule has 0 atom stereocenters. The van der Waals surface area contributed by atoms with Gasteiger partial charge >= 0.3 is 11.9 Å². The van der Waals surface area contributed by atoms with Crippen LogP contribution in [0.3, 0.4) is 0 Å². The van der Waals surface area contributed by atoms with Crippen LogP contribution in [0.1, 0.15) is 0 Å². The maximum Gasteiger partial charge on any atom is 0.358 e. The van der Waals surface area contributed by atoms with Crippen LogP contribution in [0.15, 0.2) is 0 Å². The van der Waals surface area contributed by atoms with Crippen LogP contribution in [0.5, 0.6) is 0 Å². The average Bonchev–Trinajstić information content (AvgIpc) is 2.42. The number of rotatable bonds is 3. The molecule has 0 unspecified atom stereocenters. The van der Waals surface area contributed by atoms with Crippen molar-refractivity contribution >= 4 is 46.7 Å². The molecule has 0 heterocycles. The molecule has 6 aliphatic rings. The maximum absolute atomic E-state index is 11.9. The summed E-state index contributed by atoms with van der Waals surface area (Å²) in [4.78, 5) is 23.5. The van der Waals surface area contributed by atoms with E-state index >= 15 is 0 Å². The molecule has 6 aliphatic carbocycles. The zero-order valence-corrected chi connectivity index (χ0v) is 12.7. The number of carbonyl (C=O) groups is 2. The van der Waals surface area contributed by atoms with Crippen LogP contribution in [0.2, 0.25) is 0 Å². The fourth-order valence-electron chi connectivity index (χ4n) is 6.90. The molecule has 0 spiro atoms. The average molecular weight is 338 g/mol. The van der Waals surface area contributed by atoms with Gasteiger partial charge in [0, 0.05) is 5.41 Å². The van der Waals surface area contributed by atoms with Gasteiger partial charge in [0.15, 0.2) is 0 Å². The third kappa shape index (κ3) is 0.790. The molecule has 6 fully saturated rings. The number of hydrogen-bond acceptors (Lipinski definition) is 4. The summed E-state index contributed by atoms with van der Waals surface area (Å²) in [6.45, 7) is 0.334. The molecule has 20 heavy (non-hydrogen) atoms. The van der Waals surface area contributed by atoms with Gasteiger partial charge in [-0.2, -0.15) is 0 Å². The zero-order chi connectivity index (χ0) is 14.2. The van der Waals surface area contributed by atoms with Gasteiger partial charge in [0.2, 0.25) is 0 Å². The number of halogens is 3. The molecule has 0 aromatic rings. The Labute approximate surface area is 130 Å². The SMILES string of the molecule is COC(=O)C12C3C4C1C1C2C3C41COC(=O)C(Cl)(Cl)Cl. The highest BCUT2D eigenvalue weighted by atomic mass is 35.6. The Morgan fingerprint density at radius 1 is 1.05 bits per heavy atom. The van der Waals surface area contributed by atoms with E-state index in [-0.39, 0.29) is 16.8 Å². The van der Waals surface area contributed by atoms with Gasteiger partial charge < -0.3 is 9.47 Å². The molecule has 0 aromatic carbocycles. The van der Waals surface area contributed by atoms with E-state index in [1.165, 1.54) is 7.11 Å². The Hall–Kier alpha value is -0.190. The highest BCUT2D eigenvalue weighted by Gasteiger charge is 3.11. The van der Waals surface area contributed by atoms with Crippen LogP contribution in [0.25, 0.3) is 0 Å². The van der Waals surface area contributed by atoms with Crippen molar-refractivity contribution in [2.24, 2.45) is 46.3 Å². The summed E-state index contributed by atoms with van der Waals surface area (Å²) >= 11 is 16.5. The van der Waals surface area contributed by atoms with Crippen molar-refractivity contribution < 1.29 is 19.1 Å². The Kier molecular flexibility index (Phi) is 1.84. The van der Waals surface area contributed by atoms with E-state index < -0.39 is 9.76 Å². The maximum atomic E-state index is 11.9. The van der Waals surface area contributed by atoms with Crippen LogP contribution in [-0.4, -0.2) is 29.4 Å². The number of ether oxygens (including phenoxy) is 2. The predicted molar refractivity (Wildman–Crippen MR) is 69.1 cm³/mol. The molecule has 0 bridgehead atoms. The molecular formula is C13H11Cl3O4. The van der Waals surface area contributed by atoms with Gasteiger partial charge in [-0.1, -0.05) is 34.8 Å². The lowest BCUT2D eigenvalue weighted by atomic mass is 8.92. The van der Waals surface area contributed by atoms with Gasteiger partial charge in [-0.05, 0) is 35.5 Å². The standard InChI is InChI=1S/C13H11Cl3O4/c1-19-9(17)12-6-3-7(12)5-8(12)4(6)11(3,5)2-20-10(18)13(14,15)16/h3-8H,2H2,1H3. The van der Waals surface area contributed by atoms with Gasteiger partial charge in [-0.15, -0.1) is 0 Å². The molecule has 0 amide bonds. The lowest BCUT2D eigenvalue weighted by Gasteiger charge is -3.10. The van der Waals surface area contributed by atoms with Crippen molar-refractivity contribution in [1.82, 2.24) is 0 Å². The first kappa shape index (κ1) is 12.4. The van der Waals surface area contributed by atoms with Crippen molar-refractivity contribution in [3.05, 3.63) is 0 Å². The largest absolute Gasteiger partial charge is 0.469 e. The number of carbonyl (C=O) groups excluding carboxylic acids is 2. The van der Waals surface area contributed by atoms with E-state index in [0.29, 0.717) is 42.1 Å². The van der Waals surface area contributed by atoms with Gasteiger partial charge in [-0.3, -0.25) is 4.79 Å². The van der Waals surface area contributed by atoms with E-state index in [2.05, 4.69) is 0 Å². The summed E-state index contributed by atoms with van der Waals surface area (Å²) in [5.41, 5.74) is -0.0585. The third-order valence-electron chi connectivity index (χ3n) is 7.06. The fraction of sp³-hybridized carbons (Fsp3) is 0.846. The quantitative estimate of drug-likeness (QED) is 0.582. The fourth-order valence-corrected chi connectivity index (χ4v) is 7.06. The van der Waals surface area contributed by atoms with Crippen LogP contribution < -0.4 is 0 Å². The zero-order valence-electron chi connectivity index (χ0n) is 10.4. The Morgan fingerprint density at radius 3 is 1.95 bits per heavy atom. The van der Waals surface area contributed by atoms with Crippen molar-refractivity contribution in [3.63, 3.8) is 0 Å². The van der Waals surface area contributed by atoms with Crippen molar-refractivity contribution in [2.45, 2.75) is 3.79 Å². The van der Waals surface area contributed by atoms with E-state index in [9.17, 15) is 9.59 Å². The molecule has 4 nitrogen and oxygen atoms in total. The lowest BCUT2D eigenvalue weighted by molar-refractivity contribution is -0.645. The molecule has 6 saturated carbocycles. The van der Waals surface area contributed by atoms with Crippen LogP contribution in [0.4, 0.5) is 0 Å². The molecule has 0 aliphatic heterocycles. The topological polar surface area (TPSA) is 52.6 Å². The van der Waals surface area contributed by atoms with Crippen molar-refractivity contribution in [2.75, 3.05) is 13.7 Å². The summed E-state index contributed by atoms with van der Waals surface area (Å²) in [6.07, 6.45) is 0. The molecule has 7 heteroatoms. The summed E-state index contributed by atoms with van der Waals surface area (Å²) in [6, 6.07) is 0. The van der Waals surface area contributed by atoms with Crippen LogP contribution >= 0.6 is 34.8 Å². The minimum Gasteiger partial charge on any atom is -0.469 e. The van der Waals surface area contributed by atoms with Crippen LogP contribution in [-0.2, 0) is 19.1 Å². The second-order valence-electron chi connectivity index (χ2n) is 6.77. The molecular weight excluding hydrogens is 326 g/mol. The minimum atomic E-state index is -2.01. The number of methoxy groups -OCH3 is 1. The molecule has 0 radical (unpaired) electrons. The Bertz CT molecular complexity index is 527. The molecule has 0 N–H and O–H groups in total. The van der Waals surface area contributed by atoms with E-state index in [1.54, 1.807) is 0 Å².